The number of likely N-dealkylation sites (tertiary alicyclic amines) is 1. The van der Waals surface area contributed by atoms with Crippen LogP contribution in [0.4, 0.5) is 0 Å². The molecular formula is C26H42ClNO7. The minimum absolute atomic E-state index is 0. The molecular weight excluding hydrogens is 474 g/mol. The molecule has 5 unspecified atom stereocenters. The third-order valence-electron chi connectivity index (χ3n) is 12.0. The lowest BCUT2D eigenvalue weighted by molar-refractivity contribution is -0.287. The van der Waals surface area contributed by atoms with Gasteiger partial charge in [0.2, 0.25) is 0 Å². The monoisotopic (exact) mass is 515 g/mol. The van der Waals surface area contributed by atoms with Gasteiger partial charge in [-0.25, -0.2) is 0 Å². The summed E-state index contributed by atoms with van der Waals surface area (Å²) in [7, 11) is 7.32. The van der Waals surface area contributed by atoms with Crippen molar-refractivity contribution in [2.24, 2.45) is 34.5 Å². The molecule has 0 aromatic rings. The van der Waals surface area contributed by atoms with Gasteiger partial charge in [0.25, 0.3) is 0 Å². The molecule has 5 saturated carbocycles. The molecule has 35 heavy (non-hydrogen) atoms. The van der Waals surface area contributed by atoms with Crippen molar-refractivity contribution in [3.05, 3.63) is 0 Å². The highest BCUT2D eigenvalue weighted by Gasteiger charge is 2.93. The molecule has 13 atom stereocenters. The lowest BCUT2D eigenvalue weighted by atomic mass is 9.42. The van der Waals surface area contributed by atoms with Gasteiger partial charge in [0.05, 0.1) is 37.1 Å². The Morgan fingerprint density at radius 3 is 2.54 bits per heavy atom. The fraction of sp³-hybridized carbons (Fsp3) is 1.00. The first kappa shape index (κ1) is 25.3. The molecule has 9 heteroatoms. The number of methoxy groups -OCH3 is 4. The summed E-state index contributed by atoms with van der Waals surface area (Å²) in [5.74, 6) is 0.813. The number of nitrogens with zero attached hydrogens (tertiary/aromatic N) is 1. The number of halogens is 1. The lowest BCUT2D eigenvalue weighted by Crippen LogP contribution is -2.81. The molecule has 2 heterocycles. The van der Waals surface area contributed by atoms with Crippen molar-refractivity contribution in [2.45, 2.75) is 74.3 Å². The molecule has 0 aromatic carbocycles. The topological polar surface area (TPSA) is 78.9 Å². The average molecular weight is 516 g/mol. The number of ether oxygens (including phenoxy) is 6. The summed E-state index contributed by atoms with van der Waals surface area (Å²) in [6, 6.07) is 0.0378. The van der Waals surface area contributed by atoms with Crippen molar-refractivity contribution in [3.8, 4) is 0 Å². The maximum absolute atomic E-state index is 12.6. The Morgan fingerprint density at radius 2 is 1.89 bits per heavy atom. The van der Waals surface area contributed by atoms with Crippen molar-refractivity contribution in [1.82, 2.24) is 4.90 Å². The summed E-state index contributed by atoms with van der Waals surface area (Å²) in [6.07, 6.45) is 3.20. The van der Waals surface area contributed by atoms with Crippen LogP contribution >= 0.6 is 12.4 Å². The molecule has 2 aliphatic heterocycles. The number of piperidine rings is 1. The van der Waals surface area contributed by atoms with Crippen LogP contribution in [0.3, 0.4) is 0 Å². The number of fused-ring (bicyclic) bond motifs is 1. The number of aliphatic hydroxyl groups is 1. The first-order valence-corrected chi connectivity index (χ1v) is 13.2. The Bertz CT molecular complexity index is 866. The Labute approximate surface area is 214 Å². The molecule has 3 spiro atoms. The number of aliphatic hydroxyl groups excluding tert-OH is 1. The standard InChI is InChI=1S/C26H41NO7.ClH/c1-6-27-11-23(12-29-2)8-7-17(31-4)25-15-9-14-16(30-3)10-24(18(15)19(14)32-5)26(22(25)27,34-13-33-24)21(28)20(23)25;/h14-22,28H,6-13H2,1-5H3;1H/t14-,15?,16+,17+,18?,19+,20?,21+,22-,23+,24-,25?,26?;/m1./s1. The van der Waals surface area contributed by atoms with Crippen LogP contribution in [0.25, 0.3) is 0 Å². The van der Waals surface area contributed by atoms with Gasteiger partial charge in [-0.3, -0.25) is 4.90 Å². The Morgan fingerprint density at radius 1 is 1.09 bits per heavy atom. The zero-order chi connectivity index (χ0) is 23.7. The summed E-state index contributed by atoms with van der Waals surface area (Å²) < 4.78 is 38.3. The minimum Gasteiger partial charge on any atom is -0.390 e. The van der Waals surface area contributed by atoms with Crippen LogP contribution in [0.1, 0.15) is 32.6 Å². The Kier molecular flexibility index (Phi) is 5.77. The van der Waals surface area contributed by atoms with Gasteiger partial charge in [-0.1, -0.05) is 6.92 Å². The van der Waals surface area contributed by atoms with Crippen LogP contribution in [0.5, 0.6) is 0 Å². The molecule has 0 amide bonds. The normalized spacial score (nSPS) is 59.3. The predicted octanol–water partition coefficient (Wildman–Crippen LogP) is 1.71. The van der Waals surface area contributed by atoms with E-state index in [2.05, 4.69) is 11.8 Å². The molecule has 8 nitrogen and oxygen atoms in total. The van der Waals surface area contributed by atoms with Crippen LogP contribution < -0.4 is 0 Å². The molecule has 200 valence electrons. The van der Waals surface area contributed by atoms with E-state index in [-0.39, 0.29) is 66.2 Å². The van der Waals surface area contributed by atoms with Gasteiger partial charge in [-0.15, -0.1) is 12.4 Å². The highest BCUT2D eigenvalue weighted by atomic mass is 35.5. The van der Waals surface area contributed by atoms with E-state index in [9.17, 15) is 5.11 Å². The fourth-order valence-corrected chi connectivity index (χ4v) is 11.7. The van der Waals surface area contributed by atoms with Crippen LogP contribution in [-0.4, -0.2) is 107 Å². The van der Waals surface area contributed by atoms with Crippen molar-refractivity contribution < 1.29 is 33.5 Å². The van der Waals surface area contributed by atoms with E-state index in [0.717, 1.165) is 38.8 Å². The van der Waals surface area contributed by atoms with E-state index in [1.54, 1.807) is 7.11 Å². The van der Waals surface area contributed by atoms with Gasteiger partial charge in [0.15, 0.2) is 0 Å². The minimum atomic E-state index is -0.825. The molecule has 0 aromatic heterocycles. The predicted molar refractivity (Wildman–Crippen MR) is 128 cm³/mol. The summed E-state index contributed by atoms with van der Waals surface area (Å²) in [6.45, 7) is 4.93. The molecule has 0 radical (unpaired) electrons. The van der Waals surface area contributed by atoms with Crippen molar-refractivity contribution in [3.63, 3.8) is 0 Å². The number of rotatable bonds is 6. The van der Waals surface area contributed by atoms with Crippen LogP contribution in [0.15, 0.2) is 0 Å². The van der Waals surface area contributed by atoms with Crippen molar-refractivity contribution >= 4 is 12.4 Å². The van der Waals surface area contributed by atoms with Crippen LogP contribution in [-0.2, 0) is 28.4 Å². The van der Waals surface area contributed by atoms with E-state index < -0.39 is 17.3 Å². The number of likely N-dealkylation sites (N-methyl/N-ethyl adjacent to an activating group) is 1. The zero-order valence-electron chi connectivity index (χ0n) is 21.6. The van der Waals surface area contributed by atoms with Gasteiger partial charge in [-0.05, 0) is 31.7 Å². The van der Waals surface area contributed by atoms with Gasteiger partial charge in [0.1, 0.15) is 18.0 Å². The van der Waals surface area contributed by atoms with Gasteiger partial charge >= 0.3 is 0 Å². The third-order valence-corrected chi connectivity index (χ3v) is 12.0. The van der Waals surface area contributed by atoms with Gasteiger partial charge in [0, 0.05) is 70.0 Å². The molecule has 7 rings (SSSR count). The van der Waals surface area contributed by atoms with Crippen molar-refractivity contribution in [1.29, 1.82) is 0 Å². The average Bonchev–Trinajstić information content (AvgIpc) is 3.42. The molecule has 2 saturated heterocycles. The van der Waals surface area contributed by atoms with E-state index in [1.807, 2.05) is 21.3 Å². The summed E-state index contributed by atoms with van der Waals surface area (Å²) >= 11 is 0. The van der Waals surface area contributed by atoms with E-state index in [0.29, 0.717) is 18.4 Å². The maximum Gasteiger partial charge on any atom is 0.148 e. The summed E-state index contributed by atoms with van der Waals surface area (Å²) in [4.78, 5) is 2.61. The van der Waals surface area contributed by atoms with Crippen LogP contribution in [0.2, 0.25) is 0 Å². The molecule has 7 bridgehead atoms. The van der Waals surface area contributed by atoms with Crippen LogP contribution in [0, 0.1) is 34.5 Å². The summed E-state index contributed by atoms with van der Waals surface area (Å²) in [5, 5.41) is 12.6. The molecule has 7 fully saturated rings. The summed E-state index contributed by atoms with van der Waals surface area (Å²) in [5.41, 5.74) is -1.83. The highest BCUT2D eigenvalue weighted by Crippen LogP contribution is 2.82. The zero-order valence-corrected chi connectivity index (χ0v) is 22.4. The molecule has 5 aliphatic carbocycles. The largest absolute Gasteiger partial charge is 0.390 e. The van der Waals surface area contributed by atoms with E-state index in [4.69, 9.17) is 28.4 Å². The fourth-order valence-electron chi connectivity index (χ4n) is 11.7. The first-order chi connectivity index (χ1) is 16.5. The SMILES string of the molecule is CCN1C[C@]2(COC)CC[C@H](OC)C34C5C[C@@H]6[C@@H](OC)C[C@@]7(OCOC7([C@H]13)[C@@H](O)C42)C5[C@H]6OC.Cl. The highest BCUT2D eigenvalue weighted by molar-refractivity contribution is 5.85. The third kappa shape index (κ3) is 2.37. The lowest BCUT2D eigenvalue weighted by Gasteiger charge is -2.70. The number of hydrogen-bond donors (Lipinski definition) is 1. The first-order valence-electron chi connectivity index (χ1n) is 13.2. The van der Waals surface area contributed by atoms with Crippen molar-refractivity contribution in [2.75, 3.05) is 54.9 Å². The second kappa shape index (κ2) is 7.99. The molecule has 1 N–H and O–H groups in total. The second-order valence-corrected chi connectivity index (χ2v) is 12.2. The van der Waals surface area contributed by atoms with E-state index >= 15 is 0 Å². The second-order valence-electron chi connectivity index (χ2n) is 12.2. The number of hydrogen-bond acceptors (Lipinski definition) is 8. The Balaban J connectivity index is 0.00000229. The smallest absolute Gasteiger partial charge is 0.148 e. The van der Waals surface area contributed by atoms with E-state index in [1.165, 1.54) is 0 Å². The van der Waals surface area contributed by atoms with Gasteiger partial charge < -0.3 is 33.5 Å². The Hall–Kier alpha value is -0.0300. The molecule has 7 aliphatic rings. The quantitative estimate of drug-likeness (QED) is 0.573. The maximum atomic E-state index is 12.6. The van der Waals surface area contributed by atoms with Gasteiger partial charge in [-0.2, -0.15) is 0 Å².